The van der Waals surface area contributed by atoms with Crippen molar-refractivity contribution < 1.29 is 9.84 Å². The molecular weight excluding hydrogens is 176 g/mol. The molecule has 0 aromatic heterocycles. The number of aliphatic hydroxyl groups is 1. The first kappa shape index (κ1) is 11.2. The van der Waals surface area contributed by atoms with Crippen LogP contribution < -0.4 is 0 Å². The number of hydrogen-bond donors (Lipinski definition) is 1. The zero-order valence-electron chi connectivity index (χ0n) is 9.08. The van der Waals surface area contributed by atoms with Gasteiger partial charge in [0, 0.05) is 13.5 Å². The van der Waals surface area contributed by atoms with Crippen molar-refractivity contribution in [3.63, 3.8) is 0 Å². The van der Waals surface area contributed by atoms with Crippen LogP contribution in [0.4, 0.5) is 0 Å². The maximum Gasteiger partial charge on any atom is 0.0813 e. The van der Waals surface area contributed by atoms with Crippen molar-refractivity contribution in [3.8, 4) is 0 Å². The lowest BCUT2D eigenvalue weighted by atomic mass is 10.0. The van der Waals surface area contributed by atoms with E-state index in [9.17, 15) is 5.11 Å². The van der Waals surface area contributed by atoms with Crippen LogP contribution in [-0.2, 0) is 11.2 Å². The molecule has 2 heteroatoms. The van der Waals surface area contributed by atoms with Gasteiger partial charge in [0.2, 0.25) is 0 Å². The van der Waals surface area contributed by atoms with Gasteiger partial charge in [0.25, 0.3) is 0 Å². The van der Waals surface area contributed by atoms with Crippen LogP contribution in [0.3, 0.4) is 0 Å². The second-order valence-corrected chi connectivity index (χ2v) is 3.74. The normalized spacial score (nSPS) is 12.9. The molecule has 1 aromatic carbocycles. The lowest BCUT2D eigenvalue weighted by Crippen LogP contribution is -2.17. The van der Waals surface area contributed by atoms with Gasteiger partial charge in [-0.15, -0.1) is 0 Å². The smallest absolute Gasteiger partial charge is 0.0813 e. The molecule has 78 valence electrons. The summed E-state index contributed by atoms with van der Waals surface area (Å²) in [6.45, 7) is 4.52. The maximum absolute atomic E-state index is 9.59. The summed E-state index contributed by atoms with van der Waals surface area (Å²) in [4.78, 5) is 0. The Morgan fingerprint density at radius 1 is 1.36 bits per heavy atom. The molecule has 2 nitrogen and oxygen atoms in total. The molecule has 1 atom stereocenters. The first-order valence-corrected chi connectivity index (χ1v) is 4.86. The van der Waals surface area contributed by atoms with Gasteiger partial charge in [0.05, 0.1) is 12.7 Å². The minimum atomic E-state index is -0.402. The number of aliphatic hydroxyl groups excluding tert-OH is 1. The SMILES string of the molecule is COCC(O)Cc1cc(C)ccc1C. The molecule has 1 rings (SSSR count). The van der Waals surface area contributed by atoms with Crippen molar-refractivity contribution >= 4 is 0 Å². The highest BCUT2D eigenvalue weighted by Crippen LogP contribution is 2.12. The maximum atomic E-state index is 9.59. The number of ether oxygens (including phenoxy) is 1. The molecule has 0 heterocycles. The summed E-state index contributed by atoms with van der Waals surface area (Å²) in [5.41, 5.74) is 3.66. The van der Waals surface area contributed by atoms with Crippen LogP contribution in [0.5, 0.6) is 0 Å². The highest BCUT2D eigenvalue weighted by molar-refractivity contribution is 5.30. The molecule has 0 spiro atoms. The van der Waals surface area contributed by atoms with Crippen molar-refractivity contribution in [2.24, 2.45) is 0 Å². The van der Waals surface area contributed by atoms with E-state index in [-0.39, 0.29) is 0 Å². The zero-order valence-corrected chi connectivity index (χ0v) is 9.08. The van der Waals surface area contributed by atoms with Gasteiger partial charge in [-0.05, 0) is 25.0 Å². The molecule has 0 aliphatic rings. The van der Waals surface area contributed by atoms with E-state index in [1.165, 1.54) is 16.7 Å². The Kier molecular flexibility index (Phi) is 4.11. The van der Waals surface area contributed by atoms with Crippen LogP contribution in [0.15, 0.2) is 18.2 Å². The number of aryl methyl sites for hydroxylation is 2. The molecule has 0 saturated carbocycles. The van der Waals surface area contributed by atoms with Gasteiger partial charge in [-0.2, -0.15) is 0 Å². The Balaban J connectivity index is 2.70. The minimum Gasteiger partial charge on any atom is -0.390 e. The highest BCUT2D eigenvalue weighted by Gasteiger charge is 2.07. The number of methoxy groups -OCH3 is 1. The first-order valence-electron chi connectivity index (χ1n) is 4.86. The van der Waals surface area contributed by atoms with Crippen molar-refractivity contribution in [1.82, 2.24) is 0 Å². The fourth-order valence-corrected chi connectivity index (χ4v) is 1.53. The molecule has 0 fully saturated rings. The largest absolute Gasteiger partial charge is 0.390 e. The van der Waals surface area contributed by atoms with Crippen LogP contribution in [0, 0.1) is 13.8 Å². The van der Waals surface area contributed by atoms with E-state index < -0.39 is 6.10 Å². The summed E-state index contributed by atoms with van der Waals surface area (Å²) in [6, 6.07) is 6.29. The average molecular weight is 194 g/mol. The van der Waals surface area contributed by atoms with Crippen LogP contribution in [-0.4, -0.2) is 24.9 Å². The van der Waals surface area contributed by atoms with E-state index in [4.69, 9.17) is 4.74 Å². The molecule has 0 amide bonds. The predicted octanol–water partition coefficient (Wildman–Crippen LogP) is 1.85. The minimum absolute atomic E-state index is 0.396. The van der Waals surface area contributed by atoms with Crippen molar-refractivity contribution in [1.29, 1.82) is 0 Å². The standard InChI is InChI=1S/C12H18O2/c1-9-4-5-10(2)11(6-9)7-12(13)8-14-3/h4-6,12-13H,7-8H2,1-3H3. The monoisotopic (exact) mass is 194 g/mol. The Labute approximate surface area is 85.5 Å². The van der Waals surface area contributed by atoms with E-state index in [0.29, 0.717) is 13.0 Å². The quantitative estimate of drug-likeness (QED) is 0.792. The van der Waals surface area contributed by atoms with E-state index in [1.54, 1.807) is 7.11 Å². The lowest BCUT2D eigenvalue weighted by molar-refractivity contribution is 0.0649. The van der Waals surface area contributed by atoms with E-state index in [0.717, 1.165) is 0 Å². The number of benzene rings is 1. The van der Waals surface area contributed by atoms with Crippen LogP contribution in [0.25, 0.3) is 0 Å². The summed E-state index contributed by atoms with van der Waals surface area (Å²) in [7, 11) is 1.60. The summed E-state index contributed by atoms with van der Waals surface area (Å²) < 4.78 is 4.90. The Morgan fingerprint density at radius 2 is 2.07 bits per heavy atom. The molecule has 0 saturated heterocycles. The van der Waals surface area contributed by atoms with Crippen molar-refractivity contribution in [2.45, 2.75) is 26.4 Å². The topological polar surface area (TPSA) is 29.5 Å². The van der Waals surface area contributed by atoms with Gasteiger partial charge in [0.15, 0.2) is 0 Å². The fraction of sp³-hybridized carbons (Fsp3) is 0.500. The Bertz CT molecular complexity index is 294. The Hall–Kier alpha value is -0.860. The zero-order chi connectivity index (χ0) is 10.6. The summed E-state index contributed by atoms with van der Waals surface area (Å²) in [5, 5.41) is 9.59. The van der Waals surface area contributed by atoms with Gasteiger partial charge in [-0.25, -0.2) is 0 Å². The predicted molar refractivity (Wildman–Crippen MR) is 57.5 cm³/mol. The first-order chi connectivity index (χ1) is 6.63. The van der Waals surface area contributed by atoms with Gasteiger partial charge >= 0.3 is 0 Å². The van der Waals surface area contributed by atoms with Gasteiger partial charge in [-0.1, -0.05) is 23.8 Å². The third-order valence-corrected chi connectivity index (χ3v) is 2.32. The lowest BCUT2D eigenvalue weighted by Gasteiger charge is -2.12. The molecule has 1 N–H and O–H groups in total. The van der Waals surface area contributed by atoms with Crippen LogP contribution >= 0.6 is 0 Å². The second-order valence-electron chi connectivity index (χ2n) is 3.74. The van der Waals surface area contributed by atoms with Gasteiger partial charge in [-0.3, -0.25) is 0 Å². The summed E-state index contributed by atoms with van der Waals surface area (Å²) >= 11 is 0. The van der Waals surface area contributed by atoms with Gasteiger partial charge in [0.1, 0.15) is 0 Å². The molecule has 1 aromatic rings. The van der Waals surface area contributed by atoms with Crippen LogP contribution in [0.2, 0.25) is 0 Å². The van der Waals surface area contributed by atoms with E-state index >= 15 is 0 Å². The van der Waals surface area contributed by atoms with Crippen LogP contribution in [0.1, 0.15) is 16.7 Å². The highest BCUT2D eigenvalue weighted by atomic mass is 16.5. The second kappa shape index (κ2) is 5.13. The molecular formula is C12H18O2. The molecule has 0 bridgehead atoms. The number of hydrogen-bond acceptors (Lipinski definition) is 2. The summed E-state index contributed by atoms with van der Waals surface area (Å²) in [5.74, 6) is 0. The average Bonchev–Trinajstić information content (AvgIpc) is 2.12. The third-order valence-electron chi connectivity index (χ3n) is 2.32. The molecule has 1 unspecified atom stereocenters. The third kappa shape index (κ3) is 3.13. The van der Waals surface area contributed by atoms with E-state index in [1.807, 2.05) is 0 Å². The Morgan fingerprint density at radius 3 is 2.71 bits per heavy atom. The van der Waals surface area contributed by atoms with E-state index in [2.05, 4.69) is 32.0 Å². The molecule has 0 aliphatic heterocycles. The molecule has 0 radical (unpaired) electrons. The van der Waals surface area contributed by atoms with Crippen molar-refractivity contribution in [2.75, 3.05) is 13.7 Å². The van der Waals surface area contributed by atoms with Gasteiger partial charge < -0.3 is 9.84 Å². The van der Waals surface area contributed by atoms with Crippen molar-refractivity contribution in [3.05, 3.63) is 34.9 Å². The number of rotatable bonds is 4. The summed E-state index contributed by atoms with van der Waals surface area (Å²) in [6.07, 6.45) is 0.266. The molecule has 0 aliphatic carbocycles. The fourth-order valence-electron chi connectivity index (χ4n) is 1.53. The molecule has 14 heavy (non-hydrogen) atoms.